The first-order chi connectivity index (χ1) is 7.26. The first-order valence-corrected chi connectivity index (χ1v) is 6.40. The summed E-state index contributed by atoms with van der Waals surface area (Å²) >= 11 is 1.76. The summed E-state index contributed by atoms with van der Waals surface area (Å²) in [6.45, 7) is 6.96. The molecule has 1 rings (SSSR count). The van der Waals surface area contributed by atoms with Crippen molar-refractivity contribution in [3.05, 3.63) is 16.1 Å². The third-order valence-corrected chi connectivity index (χ3v) is 3.34. The minimum atomic E-state index is 0.615. The summed E-state index contributed by atoms with van der Waals surface area (Å²) in [4.78, 5) is 5.53. The maximum absolute atomic E-state index is 5.69. The molecule has 1 heterocycles. The van der Waals surface area contributed by atoms with E-state index in [2.05, 4.69) is 17.2 Å². The summed E-state index contributed by atoms with van der Waals surface area (Å²) in [6, 6.07) is 0. The van der Waals surface area contributed by atoms with Crippen molar-refractivity contribution in [3.63, 3.8) is 0 Å². The van der Waals surface area contributed by atoms with Crippen molar-refractivity contribution in [3.8, 4) is 0 Å². The number of nitrogens with two attached hydrogens (primary N) is 1. The smallest absolute Gasteiger partial charge is 0.0897 e. The number of nitrogens with zero attached hydrogens (tertiary/aromatic N) is 1. The quantitative estimate of drug-likeness (QED) is 0.748. The summed E-state index contributed by atoms with van der Waals surface area (Å²) in [5.41, 5.74) is 5.69. The SMILES string of the molecule is CCCC(CN)CNCc1cnc(C)s1. The second kappa shape index (κ2) is 6.93. The minimum Gasteiger partial charge on any atom is -0.330 e. The van der Waals surface area contributed by atoms with Crippen LogP contribution in [0.1, 0.15) is 29.7 Å². The molecule has 1 unspecified atom stereocenters. The number of rotatable bonds is 7. The van der Waals surface area contributed by atoms with Gasteiger partial charge in [0.05, 0.1) is 5.01 Å². The molecule has 1 aromatic rings. The molecule has 0 aliphatic heterocycles. The van der Waals surface area contributed by atoms with Crippen LogP contribution in [0.5, 0.6) is 0 Å². The van der Waals surface area contributed by atoms with Crippen LogP contribution < -0.4 is 11.1 Å². The number of nitrogens with one attached hydrogen (secondary N) is 1. The molecule has 0 saturated heterocycles. The Morgan fingerprint density at radius 2 is 2.40 bits per heavy atom. The Balaban J connectivity index is 2.20. The molecule has 0 bridgehead atoms. The summed E-state index contributed by atoms with van der Waals surface area (Å²) in [5.74, 6) is 0.615. The molecule has 0 amide bonds. The molecule has 1 atom stereocenters. The van der Waals surface area contributed by atoms with Crippen LogP contribution in [0.25, 0.3) is 0 Å². The molecule has 1 aromatic heterocycles. The highest BCUT2D eigenvalue weighted by Crippen LogP contribution is 2.11. The molecule has 0 aromatic carbocycles. The fourth-order valence-corrected chi connectivity index (χ4v) is 2.36. The van der Waals surface area contributed by atoms with Crippen LogP contribution in [0.4, 0.5) is 0 Å². The van der Waals surface area contributed by atoms with Gasteiger partial charge in [0, 0.05) is 17.6 Å². The van der Waals surface area contributed by atoms with E-state index in [-0.39, 0.29) is 0 Å². The second-order valence-electron chi connectivity index (χ2n) is 3.87. The van der Waals surface area contributed by atoms with E-state index in [0.29, 0.717) is 5.92 Å². The first-order valence-electron chi connectivity index (χ1n) is 5.58. The maximum atomic E-state index is 5.69. The lowest BCUT2D eigenvalue weighted by molar-refractivity contribution is 0.450. The predicted molar refractivity (Wildman–Crippen MR) is 66.0 cm³/mol. The van der Waals surface area contributed by atoms with Gasteiger partial charge < -0.3 is 11.1 Å². The fourth-order valence-electron chi connectivity index (χ4n) is 1.60. The van der Waals surface area contributed by atoms with Gasteiger partial charge in [-0.1, -0.05) is 13.3 Å². The van der Waals surface area contributed by atoms with Gasteiger partial charge in [0.2, 0.25) is 0 Å². The highest BCUT2D eigenvalue weighted by atomic mass is 32.1. The Bertz CT molecular complexity index is 273. The lowest BCUT2D eigenvalue weighted by Gasteiger charge is -2.13. The molecule has 86 valence electrons. The average molecular weight is 227 g/mol. The fraction of sp³-hybridized carbons (Fsp3) is 0.727. The monoisotopic (exact) mass is 227 g/mol. The van der Waals surface area contributed by atoms with Gasteiger partial charge in [0.15, 0.2) is 0 Å². The Hall–Kier alpha value is -0.450. The zero-order valence-electron chi connectivity index (χ0n) is 9.62. The standard InChI is InChI=1S/C11H21N3S/c1-3-4-10(5-12)6-13-7-11-8-14-9(2)15-11/h8,10,13H,3-7,12H2,1-2H3. The van der Waals surface area contributed by atoms with Crippen LogP contribution in [-0.2, 0) is 6.54 Å². The number of thiazole rings is 1. The topological polar surface area (TPSA) is 50.9 Å². The van der Waals surface area contributed by atoms with Crippen molar-refractivity contribution in [1.29, 1.82) is 0 Å². The molecule has 3 N–H and O–H groups in total. The average Bonchev–Trinajstić information content (AvgIpc) is 2.63. The predicted octanol–water partition coefficient (Wildman–Crippen LogP) is 1.92. The zero-order valence-corrected chi connectivity index (χ0v) is 10.4. The molecule has 0 aliphatic carbocycles. The van der Waals surface area contributed by atoms with Crippen LogP contribution in [0.2, 0.25) is 0 Å². The molecule has 0 aliphatic rings. The van der Waals surface area contributed by atoms with Crippen LogP contribution in [0.3, 0.4) is 0 Å². The van der Waals surface area contributed by atoms with Crippen LogP contribution in [0.15, 0.2) is 6.20 Å². The van der Waals surface area contributed by atoms with E-state index in [1.165, 1.54) is 17.7 Å². The van der Waals surface area contributed by atoms with E-state index in [0.717, 1.165) is 24.6 Å². The number of aromatic nitrogens is 1. The number of aryl methyl sites for hydroxylation is 1. The van der Waals surface area contributed by atoms with E-state index in [9.17, 15) is 0 Å². The summed E-state index contributed by atoms with van der Waals surface area (Å²) in [6.07, 6.45) is 4.37. The van der Waals surface area contributed by atoms with Crippen molar-refractivity contribution in [2.45, 2.75) is 33.2 Å². The highest BCUT2D eigenvalue weighted by molar-refractivity contribution is 7.11. The van der Waals surface area contributed by atoms with Crippen LogP contribution in [0, 0.1) is 12.8 Å². The Morgan fingerprint density at radius 3 is 2.93 bits per heavy atom. The molecule has 15 heavy (non-hydrogen) atoms. The molecular formula is C11H21N3S. The molecule has 0 saturated carbocycles. The number of hydrogen-bond acceptors (Lipinski definition) is 4. The van der Waals surface area contributed by atoms with Gasteiger partial charge in [-0.3, -0.25) is 0 Å². The summed E-state index contributed by atoms with van der Waals surface area (Å²) in [5, 5.41) is 4.58. The third-order valence-electron chi connectivity index (χ3n) is 2.43. The molecule has 0 radical (unpaired) electrons. The van der Waals surface area contributed by atoms with Gasteiger partial charge in [0.1, 0.15) is 0 Å². The molecule has 0 fully saturated rings. The molecule has 3 nitrogen and oxygen atoms in total. The Morgan fingerprint density at radius 1 is 1.60 bits per heavy atom. The van der Waals surface area contributed by atoms with Gasteiger partial charge in [-0.25, -0.2) is 4.98 Å². The summed E-state index contributed by atoms with van der Waals surface area (Å²) < 4.78 is 0. The van der Waals surface area contributed by atoms with Crippen molar-refractivity contribution < 1.29 is 0 Å². The van der Waals surface area contributed by atoms with Gasteiger partial charge in [-0.15, -0.1) is 11.3 Å². The van der Waals surface area contributed by atoms with E-state index < -0.39 is 0 Å². The van der Waals surface area contributed by atoms with Crippen molar-refractivity contribution >= 4 is 11.3 Å². The first kappa shape index (κ1) is 12.6. The van der Waals surface area contributed by atoms with Gasteiger partial charge in [-0.2, -0.15) is 0 Å². The van der Waals surface area contributed by atoms with E-state index >= 15 is 0 Å². The van der Waals surface area contributed by atoms with E-state index in [1.807, 2.05) is 13.1 Å². The largest absolute Gasteiger partial charge is 0.330 e. The van der Waals surface area contributed by atoms with Crippen LogP contribution in [-0.4, -0.2) is 18.1 Å². The molecular weight excluding hydrogens is 206 g/mol. The second-order valence-corrected chi connectivity index (χ2v) is 5.19. The normalized spacial score (nSPS) is 13.0. The number of hydrogen-bond donors (Lipinski definition) is 2. The van der Waals surface area contributed by atoms with Crippen molar-refractivity contribution in [1.82, 2.24) is 10.3 Å². The molecule has 0 spiro atoms. The molecule has 4 heteroatoms. The zero-order chi connectivity index (χ0) is 11.1. The highest BCUT2D eigenvalue weighted by Gasteiger charge is 2.05. The Kier molecular flexibility index (Phi) is 5.83. The third kappa shape index (κ3) is 4.73. The lowest BCUT2D eigenvalue weighted by atomic mass is 10.0. The van der Waals surface area contributed by atoms with Gasteiger partial charge in [-0.05, 0) is 32.4 Å². The van der Waals surface area contributed by atoms with Crippen molar-refractivity contribution in [2.75, 3.05) is 13.1 Å². The van der Waals surface area contributed by atoms with Gasteiger partial charge in [0.25, 0.3) is 0 Å². The van der Waals surface area contributed by atoms with E-state index in [1.54, 1.807) is 11.3 Å². The minimum absolute atomic E-state index is 0.615. The van der Waals surface area contributed by atoms with E-state index in [4.69, 9.17) is 5.73 Å². The van der Waals surface area contributed by atoms with Gasteiger partial charge >= 0.3 is 0 Å². The summed E-state index contributed by atoms with van der Waals surface area (Å²) in [7, 11) is 0. The van der Waals surface area contributed by atoms with Crippen molar-refractivity contribution in [2.24, 2.45) is 11.7 Å². The van der Waals surface area contributed by atoms with Crippen LogP contribution >= 0.6 is 11.3 Å². The lowest BCUT2D eigenvalue weighted by Crippen LogP contribution is -2.27. The maximum Gasteiger partial charge on any atom is 0.0897 e. The Labute approximate surface area is 96.1 Å².